The minimum Gasteiger partial charge on any atom is -0.368 e. The van der Waals surface area contributed by atoms with Gasteiger partial charge in [0.25, 0.3) is 0 Å². The fraction of sp³-hybridized carbons (Fsp3) is 0.429. The van der Waals surface area contributed by atoms with Crippen molar-refractivity contribution in [3.63, 3.8) is 0 Å². The summed E-state index contributed by atoms with van der Waals surface area (Å²) in [5.41, 5.74) is 7.28. The third kappa shape index (κ3) is 3.20. The molecule has 1 fully saturated rings. The molecule has 0 aliphatic carbocycles. The Hall–Kier alpha value is -1.37. The number of hydrogen-bond donors (Lipinski definition) is 1. The smallest absolute Gasteiger partial charge is 0.243 e. The molecule has 0 saturated carbocycles. The lowest BCUT2D eigenvalue weighted by Gasteiger charge is -2.18. The Kier molecular flexibility index (Phi) is 4.34. The van der Waals surface area contributed by atoms with Crippen LogP contribution in [0.15, 0.2) is 34.9 Å². The predicted octanol–water partition coefficient (Wildman–Crippen LogP) is 2.12. The van der Waals surface area contributed by atoms with Crippen molar-refractivity contribution in [2.45, 2.75) is 18.6 Å². The van der Waals surface area contributed by atoms with Crippen LogP contribution in [0.4, 0.5) is 0 Å². The van der Waals surface area contributed by atoms with Crippen LogP contribution in [0.2, 0.25) is 0 Å². The number of hydrogen-bond acceptors (Lipinski definition) is 6. The summed E-state index contributed by atoms with van der Waals surface area (Å²) in [6, 6.07) is 9.77. The highest BCUT2D eigenvalue weighted by molar-refractivity contribution is 7.99. The summed E-state index contributed by atoms with van der Waals surface area (Å²) in [6.07, 6.45) is 0.609. The third-order valence-corrected chi connectivity index (χ3v) is 4.17. The molecule has 0 radical (unpaired) electrons. The van der Waals surface area contributed by atoms with Crippen molar-refractivity contribution in [1.82, 2.24) is 10.1 Å². The topological polar surface area (TPSA) is 74.2 Å². The van der Waals surface area contributed by atoms with E-state index in [0.29, 0.717) is 18.1 Å². The first kappa shape index (κ1) is 13.6. The lowest BCUT2D eigenvalue weighted by molar-refractivity contribution is 0.0677. The fourth-order valence-electron chi connectivity index (χ4n) is 2.12. The van der Waals surface area contributed by atoms with Crippen LogP contribution in [0.1, 0.15) is 29.4 Å². The van der Waals surface area contributed by atoms with Crippen LogP contribution in [0.25, 0.3) is 0 Å². The van der Waals surface area contributed by atoms with Crippen LogP contribution >= 0.6 is 11.8 Å². The number of nitrogens with zero attached hydrogens (tertiary/aromatic N) is 2. The van der Waals surface area contributed by atoms with Crippen molar-refractivity contribution >= 4 is 11.8 Å². The SMILES string of the molecule is N[C@@H](Cc1ccccc1)c1nc(C2CSCCO2)no1. The van der Waals surface area contributed by atoms with Gasteiger partial charge in [-0.3, -0.25) is 0 Å². The Labute approximate surface area is 121 Å². The van der Waals surface area contributed by atoms with Crippen LogP contribution in [-0.4, -0.2) is 28.3 Å². The van der Waals surface area contributed by atoms with E-state index in [1.807, 2.05) is 42.1 Å². The predicted molar refractivity (Wildman–Crippen MR) is 77.4 cm³/mol. The molecule has 106 valence electrons. The third-order valence-electron chi connectivity index (χ3n) is 3.18. The van der Waals surface area contributed by atoms with Gasteiger partial charge in [0, 0.05) is 11.5 Å². The highest BCUT2D eigenvalue weighted by Gasteiger charge is 2.24. The molecule has 3 rings (SSSR count). The van der Waals surface area contributed by atoms with Gasteiger partial charge in [0.1, 0.15) is 6.10 Å². The Morgan fingerprint density at radius 3 is 2.95 bits per heavy atom. The molecule has 0 amide bonds. The molecule has 1 aliphatic rings. The van der Waals surface area contributed by atoms with Crippen LogP contribution in [0.5, 0.6) is 0 Å². The van der Waals surface area contributed by atoms with E-state index in [1.165, 1.54) is 0 Å². The first-order valence-corrected chi connectivity index (χ1v) is 7.81. The quantitative estimate of drug-likeness (QED) is 0.930. The van der Waals surface area contributed by atoms with Gasteiger partial charge in [-0.1, -0.05) is 35.5 Å². The van der Waals surface area contributed by atoms with Crippen molar-refractivity contribution < 1.29 is 9.26 Å². The van der Waals surface area contributed by atoms with E-state index in [-0.39, 0.29) is 12.1 Å². The van der Waals surface area contributed by atoms with E-state index in [9.17, 15) is 0 Å². The van der Waals surface area contributed by atoms with E-state index in [1.54, 1.807) is 0 Å². The van der Waals surface area contributed by atoms with E-state index >= 15 is 0 Å². The van der Waals surface area contributed by atoms with Crippen molar-refractivity contribution in [3.8, 4) is 0 Å². The number of ether oxygens (including phenoxy) is 1. The summed E-state index contributed by atoms with van der Waals surface area (Å²) >= 11 is 1.84. The zero-order valence-corrected chi connectivity index (χ0v) is 11.9. The van der Waals surface area contributed by atoms with Crippen molar-refractivity contribution in [2.24, 2.45) is 5.73 Å². The summed E-state index contributed by atoms with van der Waals surface area (Å²) in [7, 11) is 0. The lowest BCUT2D eigenvalue weighted by Crippen LogP contribution is -2.17. The summed E-state index contributed by atoms with van der Waals surface area (Å²) < 4.78 is 10.9. The van der Waals surface area contributed by atoms with E-state index in [2.05, 4.69) is 10.1 Å². The summed E-state index contributed by atoms with van der Waals surface area (Å²) in [4.78, 5) is 4.39. The van der Waals surface area contributed by atoms with Gasteiger partial charge in [0.2, 0.25) is 11.7 Å². The van der Waals surface area contributed by atoms with Crippen molar-refractivity contribution in [3.05, 3.63) is 47.6 Å². The maximum atomic E-state index is 6.13. The molecule has 5 nitrogen and oxygen atoms in total. The molecule has 1 saturated heterocycles. The van der Waals surface area contributed by atoms with Gasteiger partial charge < -0.3 is 15.0 Å². The van der Waals surface area contributed by atoms with Gasteiger partial charge in [0.15, 0.2) is 0 Å². The van der Waals surface area contributed by atoms with Crippen molar-refractivity contribution in [1.29, 1.82) is 0 Å². The minimum absolute atomic E-state index is 0.0739. The molecule has 1 aromatic carbocycles. The highest BCUT2D eigenvalue weighted by Crippen LogP contribution is 2.25. The molecule has 20 heavy (non-hydrogen) atoms. The standard InChI is InChI=1S/C14H17N3O2S/c15-11(8-10-4-2-1-3-5-10)14-16-13(17-19-14)12-9-20-7-6-18-12/h1-5,11-12H,6-9,15H2/t11-,12?/m0/s1. The van der Waals surface area contributed by atoms with Crippen LogP contribution in [0.3, 0.4) is 0 Å². The maximum Gasteiger partial charge on any atom is 0.243 e. The summed E-state index contributed by atoms with van der Waals surface area (Å²) in [5, 5.41) is 4.00. The van der Waals surface area contributed by atoms with Crippen LogP contribution in [0, 0.1) is 0 Å². The van der Waals surface area contributed by atoms with Gasteiger partial charge in [-0.25, -0.2) is 0 Å². The molecule has 1 aliphatic heterocycles. The molecular weight excluding hydrogens is 274 g/mol. The van der Waals surface area contributed by atoms with Gasteiger partial charge in [-0.15, -0.1) is 0 Å². The number of thioether (sulfide) groups is 1. The molecular formula is C14H17N3O2S. The summed E-state index contributed by atoms with van der Waals surface area (Å²) in [6.45, 7) is 0.731. The second kappa shape index (κ2) is 6.39. The fourth-order valence-corrected chi connectivity index (χ4v) is 2.96. The molecule has 0 spiro atoms. The van der Waals surface area contributed by atoms with Crippen LogP contribution in [-0.2, 0) is 11.2 Å². The first-order chi connectivity index (χ1) is 9.83. The molecule has 1 aromatic heterocycles. The Balaban J connectivity index is 1.66. The number of benzene rings is 1. The maximum absolute atomic E-state index is 6.13. The number of rotatable bonds is 4. The Morgan fingerprint density at radius 1 is 1.35 bits per heavy atom. The lowest BCUT2D eigenvalue weighted by atomic mass is 10.1. The van der Waals surface area contributed by atoms with Gasteiger partial charge >= 0.3 is 0 Å². The molecule has 0 bridgehead atoms. The molecule has 2 heterocycles. The van der Waals surface area contributed by atoms with Gasteiger partial charge in [-0.05, 0) is 12.0 Å². The van der Waals surface area contributed by atoms with E-state index < -0.39 is 0 Å². The Bertz CT molecular complexity index is 540. The van der Waals surface area contributed by atoms with Crippen LogP contribution < -0.4 is 5.73 Å². The normalized spacial score (nSPS) is 20.8. The molecule has 2 atom stereocenters. The second-order valence-corrected chi connectivity index (χ2v) is 5.87. The minimum atomic E-state index is -0.283. The van der Waals surface area contributed by atoms with Gasteiger partial charge in [0.05, 0.1) is 12.6 Å². The molecule has 6 heteroatoms. The number of nitrogens with two attached hydrogens (primary N) is 1. The Morgan fingerprint density at radius 2 is 2.20 bits per heavy atom. The molecule has 2 N–H and O–H groups in total. The largest absolute Gasteiger partial charge is 0.368 e. The van der Waals surface area contributed by atoms with Gasteiger partial charge in [-0.2, -0.15) is 16.7 Å². The average molecular weight is 291 g/mol. The average Bonchev–Trinajstić information content (AvgIpc) is 2.99. The second-order valence-electron chi connectivity index (χ2n) is 4.72. The monoisotopic (exact) mass is 291 g/mol. The zero-order valence-electron chi connectivity index (χ0n) is 11.1. The first-order valence-electron chi connectivity index (χ1n) is 6.65. The molecule has 1 unspecified atom stereocenters. The number of aromatic nitrogens is 2. The molecule has 2 aromatic rings. The highest BCUT2D eigenvalue weighted by atomic mass is 32.2. The zero-order chi connectivity index (χ0) is 13.8. The summed E-state index contributed by atoms with van der Waals surface area (Å²) in [5.74, 6) is 2.97. The van der Waals surface area contributed by atoms with E-state index in [0.717, 1.165) is 23.7 Å². The van der Waals surface area contributed by atoms with E-state index in [4.69, 9.17) is 15.0 Å². The van der Waals surface area contributed by atoms with Crippen molar-refractivity contribution in [2.75, 3.05) is 18.1 Å².